The summed E-state index contributed by atoms with van der Waals surface area (Å²) in [6, 6.07) is 4.51. The molecule has 3 nitrogen and oxygen atoms in total. The Morgan fingerprint density at radius 3 is 2.71 bits per heavy atom. The number of ether oxygens (including phenoxy) is 1. The van der Waals surface area contributed by atoms with Crippen molar-refractivity contribution in [2.75, 3.05) is 7.11 Å². The summed E-state index contributed by atoms with van der Waals surface area (Å²) < 4.78 is 18.3. The highest BCUT2D eigenvalue weighted by molar-refractivity contribution is 5.82. The number of rotatable bonds is 4. The molecule has 0 radical (unpaired) electrons. The van der Waals surface area contributed by atoms with Gasteiger partial charge in [0.2, 0.25) is 0 Å². The van der Waals surface area contributed by atoms with Gasteiger partial charge in [-0.3, -0.25) is 4.79 Å². The van der Waals surface area contributed by atoms with Gasteiger partial charge in [-0.1, -0.05) is 12.5 Å². The molecule has 0 heterocycles. The lowest BCUT2D eigenvalue weighted by Crippen LogP contribution is -2.42. The molecule has 4 heteroatoms. The van der Waals surface area contributed by atoms with Crippen LogP contribution < -0.4 is 0 Å². The van der Waals surface area contributed by atoms with Crippen LogP contribution in [0.2, 0.25) is 0 Å². The fraction of sp³-hybridized carbons (Fsp3) is 0.462. The Hall–Kier alpha value is -1.42. The third-order valence-corrected chi connectivity index (χ3v) is 3.51. The van der Waals surface area contributed by atoms with Crippen molar-refractivity contribution >= 4 is 5.97 Å². The van der Waals surface area contributed by atoms with E-state index in [1.165, 1.54) is 13.2 Å². The average Bonchev–Trinajstić information content (AvgIpc) is 2.20. The molecular weight excluding hydrogens is 223 g/mol. The minimum absolute atomic E-state index is 0.162. The Kier molecular flexibility index (Phi) is 3.15. The van der Waals surface area contributed by atoms with Gasteiger partial charge in [-0.15, -0.1) is 0 Å². The second kappa shape index (κ2) is 4.45. The monoisotopic (exact) mass is 238 g/mol. The van der Waals surface area contributed by atoms with E-state index >= 15 is 0 Å². The largest absolute Gasteiger partial charge is 0.481 e. The first-order valence-corrected chi connectivity index (χ1v) is 5.61. The molecule has 1 fully saturated rings. The number of hydrogen-bond acceptors (Lipinski definition) is 2. The van der Waals surface area contributed by atoms with Crippen LogP contribution in [-0.4, -0.2) is 18.2 Å². The van der Waals surface area contributed by atoms with E-state index in [9.17, 15) is 14.3 Å². The summed E-state index contributed by atoms with van der Waals surface area (Å²) in [5, 5.41) is 9.30. The van der Waals surface area contributed by atoms with Gasteiger partial charge in [0, 0.05) is 12.7 Å². The number of benzene rings is 1. The van der Waals surface area contributed by atoms with Gasteiger partial charge in [0.1, 0.15) is 5.82 Å². The minimum Gasteiger partial charge on any atom is -0.481 e. The lowest BCUT2D eigenvalue weighted by molar-refractivity contribution is -0.147. The first-order chi connectivity index (χ1) is 8.10. The summed E-state index contributed by atoms with van der Waals surface area (Å²) in [5.41, 5.74) is 0.290. The van der Waals surface area contributed by atoms with Crippen LogP contribution in [0.3, 0.4) is 0 Å². The van der Waals surface area contributed by atoms with E-state index in [1.807, 2.05) is 0 Å². The lowest BCUT2D eigenvalue weighted by atomic mass is 9.64. The molecule has 2 rings (SSSR count). The van der Waals surface area contributed by atoms with E-state index in [2.05, 4.69) is 0 Å². The van der Waals surface area contributed by atoms with Crippen LogP contribution in [0.5, 0.6) is 0 Å². The van der Waals surface area contributed by atoms with Crippen molar-refractivity contribution in [1.82, 2.24) is 0 Å². The second-order valence-corrected chi connectivity index (χ2v) is 4.48. The smallest absolute Gasteiger partial charge is 0.314 e. The molecular formula is C13H15FO3. The molecule has 0 amide bonds. The van der Waals surface area contributed by atoms with E-state index in [-0.39, 0.29) is 12.4 Å². The molecule has 0 aliphatic heterocycles. The van der Waals surface area contributed by atoms with Crippen LogP contribution in [0.4, 0.5) is 4.39 Å². The molecule has 1 saturated carbocycles. The van der Waals surface area contributed by atoms with Gasteiger partial charge in [0.05, 0.1) is 12.0 Å². The number of carboxylic acid groups (broad SMARTS) is 1. The first-order valence-electron chi connectivity index (χ1n) is 5.61. The lowest BCUT2D eigenvalue weighted by Gasteiger charge is -2.38. The Labute approximate surface area is 99.2 Å². The van der Waals surface area contributed by atoms with Gasteiger partial charge >= 0.3 is 5.97 Å². The standard InChI is InChI=1S/C13H15FO3/c1-17-8-9-7-10(3-4-11(9)14)13(12(15)16)5-2-6-13/h3-4,7H,2,5-6,8H2,1H3,(H,15,16). The van der Waals surface area contributed by atoms with Crippen molar-refractivity contribution < 1.29 is 19.0 Å². The fourth-order valence-electron chi connectivity index (χ4n) is 2.29. The quantitative estimate of drug-likeness (QED) is 0.876. The van der Waals surface area contributed by atoms with E-state index < -0.39 is 11.4 Å². The van der Waals surface area contributed by atoms with Gasteiger partial charge in [-0.2, -0.15) is 0 Å². The number of carboxylic acids is 1. The van der Waals surface area contributed by atoms with Gasteiger partial charge in [0.15, 0.2) is 0 Å². The Morgan fingerprint density at radius 1 is 1.53 bits per heavy atom. The van der Waals surface area contributed by atoms with Gasteiger partial charge in [-0.05, 0) is 30.5 Å². The third-order valence-electron chi connectivity index (χ3n) is 3.51. The zero-order chi connectivity index (χ0) is 12.5. The summed E-state index contributed by atoms with van der Waals surface area (Å²) in [5.74, 6) is -1.17. The second-order valence-electron chi connectivity index (χ2n) is 4.48. The number of aliphatic carboxylic acids is 1. The van der Waals surface area contributed by atoms with Crippen molar-refractivity contribution in [3.8, 4) is 0 Å². The zero-order valence-electron chi connectivity index (χ0n) is 9.70. The van der Waals surface area contributed by atoms with E-state index in [0.717, 1.165) is 6.42 Å². The number of methoxy groups -OCH3 is 1. The van der Waals surface area contributed by atoms with Crippen molar-refractivity contribution in [1.29, 1.82) is 0 Å². The summed E-state index contributed by atoms with van der Waals surface area (Å²) >= 11 is 0. The van der Waals surface area contributed by atoms with Crippen LogP contribution in [0.15, 0.2) is 18.2 Å². The molecule has 0 spiro atoms. The van der Waals surface area contributed by atoms with E-state index in [1.54, 1.807) is 12.1 Å². The molecule has 1 N–H and O–H groups in total. The molecule has 92 valence electrons. The van der Waals surface area contributed by atoms with Crippen LogP contribution in [0, 0.1) is 5.82 Å². The Bertz CT molecular complexity index is 438. The van der Waals surface area contributed by atoms with Crippen molar-refractivity contribution in [2.45, 2.75) is 31.3 Å². The third kappa shape index (κ3) is 1.93. The van der Waals surface area contributed by atoms with Gasteiger partial charge in [-0.25, -0.2) is 4.39 Å². The van der Waals surface area contributed by atoms with Crippen LogP contribution in [0.1, 0.15) is 30.4 Å². The topological polar surface area (TPSA) is 46.5 Å². The van der Waals surface area contributed by atoms with Crippen molar-refractivity contribution in [2.24, 2.45) is 0 Å². The highest BCUT2D eigenvalue weighted by atomic mass is 19.1. The summed E-state index contributed by atoms with van der Waals surface area (Å²) in [6.45, 7) is 0.162. The zero-order valence-corrected chi connectivity index (χ0v) is 9.70. The summed E-state index contributed by atoms with van der Waals surface area (Å²) in [7, 11) is 1.49. The minimum atomic E-state index is -0.821. The van der Waals surface area contributed by atoms with Gasteiger partial charge < -0.3 is 9.84 Å². The maximum absolute atomic E-state index is 13.4. The van der Waals surface area contributed by atoms with Crippen LogP contribution >= 0.6 is 0 Å². The molecule has 1 aliphatic rings. The molecule has 1 aliphatic carbocycles. The predicted octanol–water partition coefficient (Wildman–Crippen LogP) is 2.48. The fourth-order valence-corrected chi connectivity index (χ4v) is 2.29. The van der Waals surface area contributed by atoms with E-state index in [4.69, 9.17) is 4.74 Å². The first kappa shape index (κ1) is 12.0. The maximum Gasteiger partial charge on any atom is 0.314 e. The maximum atomic E-state index is 13.4. The molecule has 1 aromatic rings. The summed E-state index contributed by atoms with van der Waals surface area (Å²) in [4.78, 5) is 11.3. The Balaban J connectivity index is 2.38. The predicted molar refractivity (Wildman–Crippen MR) is 60.3 cm³/mol. The SMILES string of the molecule is COCc1cc(C2(C(=O)O)CCC2)ccc1F. The molecule has 0 saturated heterocycles. The van der Waals surface area contributed by atoms with Crippen molar-refractivity contribution in [3.05, 3.63) is 35.1 Å². The molecule has 0 bridgehead atoms. The number of hydrogen-bond donors (Lipinski definition) is 1. The normalized spacial score (nSPS) is 17.5. The molecule has 0 unspecified atom stereocenters. The number of carbonyl (C=O) groups is 1. The molecule has 0 atom stereocenters. The van der Waals surface area contributed by atoms with E-state index in [0.29, 0.717) is 24.0 Å². The molecule has 17 heavy (non-hydrogen) atoms. The van der Waals surface area contributed by atoms with Crippen LogP contribution in [-0.2, 0) is 21.6 Å². The molecule has 1 aromatic carbocycles. The van der Waals surface area contributed by atoms with Crippen molar-refractivity contribution in [3.63, 3.8) is 0 Å². The summed E-state index contributed by atoms with van der Waals surface area (Å²) in [6.07, 6.45) is 2.16. The Morgan fingerprint density at radius 2 is 2.24 bits per heavy atom. The molecule has 0 aromatic heterocycles. The highest BCUT2D eigenvalue weighted by Gasteiger charge is 2.46. The van der Waals surface area contributed by atoms with Crippen LogP contribution in [0.25, 0.3) is 0 Å². The average molecular weight is 238 g/mol. The van der Waals surface area contributed by atoms with Gasteiger partial charge in [0.25, 0.3) is 0 Å². The highest BCUT2D eigenvalue weighted by Crippen LogP contribution is 2.44. The number of halogens is 1.